The highest BCUT2D eigenvalue weighted by Crippen LogP contribution is 2.27. The maximum atomic E-state index is 11.8. The minimum absolute atomic E-state index is 0.147. The van der Waals surface area contributed by atoms with Crippen LogP contribution >= 0.6 is 0 Å². The van der Waals surface area contributed by atoms with E-state index in [4.69, 9.17) is 9.15 Å². The molecule has 0 radical (unpaired) electrons. The zero-order valence-corrected chi connectivity index (χ0v) is 13.8. The van der Waals surface area contributed by atoms with E-state index in [-0.39, 0.29) is 13.2 Å². The van der Waals surface area contributed by atoms with Gasteiger partial charge in [-0.3, -0.25) is 0 Å². The van der Waals surface area contributed by atoms with Gasteiger partial charge in [-0.1, -0.05) is 30.3 Å². The molecule has 1 amide bonds. The number of carbonyl (C=O) groups excluding carboxylic acids is 1. The number of hydrogen-bond donors (Lipinski definition) is 2. The Morgan fingerprint density at radius 1 is 1.15 bits per heavy atom. The van der Waals surface area contributed by atoms with Crippen molar-refractivity contribution in [3.63, 3.8) is 0 Å². The van der Waals surface area contributed by atoms with Crippen LogP contribution in [-0.2, 0) is 17.9 Å². The molecule has 4 rings (SSSR count). The van der Waals surface area contributed by atoms with E-state index in [2.05, 4.69) is 20.3 Å². The third-order valence-electron chi connectivity index (χ3n) is 3.87. The van der Waals surface area contributed by atoms with E-state index in [0.29, 0.717) is 11.7 Å². The second-order valence-corrected chi connectivity index (χ2v) is 5.64. The van der Waals surface area contributed by atoms with Gasteiger partial charge in [-0.2, -0.15) is 0 Å². The Labute approximate surface area is 149 Å². The van der Waals surface area contributed by atoms with E-state index in [1.807, 2.05) is 48.7 Å². The normalized spacial score (nSPS) is 10.8. The monoisotopic (exact) mass is 348 g/mol. The number of nitrogens with zero attached hydrogens (tertiary/aromatic N) is 2. The first-order chi connectivity index (χ1) is 12.8. The lowest BCUT2D eigenvalue weighted by molar-refractivity contribution is 0.138. The van der Waals surface area contributed by atoms with Crippen LogP contribution in [0, 0.1) is 0 Å². The number of alkyl carbamates (subject to hydrolysis) is 1. The summed E-state index contributed by atoms with van der Waals surface area (Å²) in [5, 5.41) is 3.58. The lowest BCUT2D eigenvalue weighted by atomic mass is 10.2. The van der Waals surface area contributed by atoms with Gasteiger partial charge < -0.3 is 19.5 Å². The summed E-state index contributed by atoms with van der Waals surface area (Å²) >= 11 is 0. The molecule has 0 saturated carbocycles. The van der Waals surface area contributed by atoms with Gasteiger partial charge in [0.25, 0.3) is 0 Å². The van der Waals surface area contributed by atoms with Gasteiger partial charge in [-0.05, 0) is 17.7 Å². The third-order valence-corrected chi connectivity index (χ3v) is 3.87. The van der Waals surface area contributed by atoms with Gasteiger partial charge in [0.1, 0.15) is 12.3 Å². The van der Waals surface area contributed by atoms with Gasteiger partial charge in [-0.25, -0.2) is 14.8 Å². The van der Waals surface area contributed by atoms with Crippen LogP contribution in [0.5, 0.6) is 0 Å². The van der Waals surface area contributed by atoms with Crippen molar-refractivity contribution >= 4 is 17.1 Å². The molecular weight excluding hydrogens is 332 g/mol. The number of aromatic amines is 1. The van der Waals surface area contributed by atoms with Crippen LogP contribution in [0.1, 0.15) is 11.5 Å². The van der Waals surface area contributed by atoms with Crippen LogP contribution in [0.2, 0.25) is 0 Å². The zero-order valence-electron chi connectivity index (χ0n) is 13.8. The fraction of sp³-hybridized carbons (Fsp3) is 0.105. The standard InChI is InChI=1S/C19H16N4O3/c24-19(25-12-13-5-2-1-3-6-13)23-11-17-21-10-16(26-17)15-9-22-18-14(15)7-4-8-20-18/h1-10H,11-12H2,(H,20,22)(H,23,24). The minimum atomic E-state index is -0.523. The maximum absolute atomic E-state index is 11.8. The van der Waals surface area contributed by atoms with Gasteiger partial charge >= 0.3 is 6.09 Å². The number of oxazole rings is 1. The lowest BCUT2D eigenvalue weighted by Crippen LogP contribution is -2.23. The molecule has 3 aromatic heterocycles. The molecule has 3 heterocycles. The first-order valence-corrected chi connectivity index (χ1v) is 8.11. The van der Waals surface area contributed by atoms with Crippen molar-refractivity contribution in [2.24, 2.45) is 0 Å². The van der Waals surface area contributed by atoms with Crippen LogP contribution in [0.25, 0.3) is 22.4 Å². The van der Waals surface area contributed by atoms with Crippen molar-refractivity contribution in [2.45, 2.75) is 13.2 Å². The molecular formula is C19H16N4O3. The summed E-state index contributed by atoms with van der Waals surface area (Å²) in [5.41, 5.74) is 2.58. The second-order valence-electron chi connectivity index (χ2n) is 5.64. The van der Waals surface area contributed by atoms with Crippen molar-refractivity contribution in [1.29, 1.82) is 0 Å². The number of pyridine rings is 1. The fourth-order valence-electron chi connectivity index (χ4n) is 2.60. The molecule has 0 aliphatic rings. The molecule has 0 atom stereocenters. The summed E-state index contributed by atoms with van der Waals surface area (Å²) in [4.78, 5) is 23.3. The van der Waals surface area contributed by atoms with Crippen molar-refractivity contribution in [2.75, 3.05) is 0 Å². The summed E-state index contributed by atoms with van der Waals surface area (Å²) in [6, 6.07) is 13.3. The average molecular weight is 348 g/mol. The highest BCUT2D eigenvalue weighted by molar-refractivity contribution is 5.91. The summed E-state index contributed by atoms with van der Waals surface area (Å²) in [6.45, 7) is 0.361. The number of fused-ring (bicyclic) bond motifs is 1. The molecule has 7 heteroatoms. The number of carbonyl (C=O) groups is 1. The number of hydrogen-bond acceptors (Lipinski definition) is 5. The second kappa shape index (κ2) is 7.10. The molecule has 0 aliphatic carbocycles. The Balaban J connectivity index is 1.36. The number of H-pyrrole nitrogens is 1. The van der Waals surface area contributed by atoms with Gasteiger partial charge in [0, 0.05) is 23.3 Å². The predicted molar refractivity (Wildman–Crippen MR) is 95.1 cm³/mol. The molecule has 0 spiro atoms. The Kier molecular flexibility index (Phi) is 4.34. The summed E-state index contributed by atoms with van der Waals surface area (Å²) in [7, 11) is 0. The van der Waals surface area contributed by atoms with E-state index in [1.54, 1.807) is 12.4 Å². The first kappa shape index (κ1) is 15.9. The Morgan fingerprint density at radius 2 is 2.04 bits per heavy atom. The molecule has 0 bridgehead atoms. The molecule has 1 aromatic carbocycles. The molecule has 0 saturated heterocycles. The maximum Gasteiger partial charge on any atom is 0.407 e. The quantitative estimate of drug-likeness (QED) is 0.574. The van der Waals surface area contributed by atoms with Crippen molar-refractivity contribution in [1.82, 2.24) is 20.3 Å². The Hall–Kier alpha value is -3.61. The SMILES string of the molecule is O=C(NCc1ncc(-c2c[nH]c3ncccc23)o1)OCc1ccccc1. The Bertz CT molecular complexity index is 1020. The zero-order chi connectivity index (χ0) is 17.8. The fourth-order valence-corrected chi connectivity index (χ4v) is 2.60. The molecule has 7 nitrogen and oxygen atoms in total. The highest BCUT2D eigenvalue weighted by Gasteiger charge is 2.12. The molecule has 130 valence electrons. The average Bonchev–Trinajstić information content (AvgIpc) is 3.32. The smallest absolute Gasteiger partial charge is 0.407 e. The van der Waals surface area contributed by atoms with Crippen LogP contribution in [0.3, 0.4) is 0 Å². The van der Waals surface area contributed by atoms with Crippen molar-refractivity contribution in [3.05, 3.63) is 72.5 Å². The number of rotatable bonds is 5. The molecule has 0 fully saturated rings. The molecule has 0 aliphatic heterocycles. The molecule has 0 unspecified atom stereocenters. The highest BCUT2D eigenvalue weighted by atomic mass is 16.5. The number of nitrogens with one attached hydrogen (secondary N) is 2. The summed E-state index contributed by atoms with van der Waals surface area (Å²) < 4.78 is 10.9. The van der Waals surface area contributed by atoms with E-state index in [0.717, 1.165) is 22.2 Å². The van der Waals surface area contributed by atoms with Gasteiger partial charge in [0.05, 0.1) is 12.7 Å². The largest absolute Gasteiger partial charge is 0.445 e. The summed E-state index contributed by atoms with van der Waals surface area (Å²) in [5.74, 6) is 1.01. The van der Waals surface area contributed by atoms with E-state index in [1.165, 1.54) is 0 Å². The van der Waals surface area contributed by atoms with Crippen LogP contribution < -0.4 is 5.32 Å². The predicted octanol–water partition coefficient (Wildman–Crippen LogP) is 3.64. The molecule has 26 heavy (non-hydrogen) atoms. The summed E-state index contributed by atoms with van der Waals surface area (Å²) in [6.07, 6.45) is 4.65. The number of aromatic nitrogens is 3. The van der Waals surface area contributed by atoms with Crippen LogP contribution in [0.4, 0.5) is 4.79 Å². The minimum Gasteiger partial charge on any atom is -0.445 e. The number of amides is 1. The van der Waals surface area contributed by atoms with E-state index in [9.17, 15) is 4.79 Å². The van der Waals surface area contributed by atoms with Gasteiger partial charge in [-0.15, -0.1) is 0 Å². The molecule has 2 N–H and O–H groups in total. The van der Waals surface area contributed by atoms with Crippen LogP contribution in [-0.4, -0.2) is 21.0 Å². The number of benzene rings is 1. The van der Waals surface area contributed by atoms with E-state index < -0.39 is 6.09 Å². The van der Waals surface area contributed by atoms with Gasteiger partial charge in [0.15, 0.2) is 5.76 Å². The van der Waals surface area contributed by atoms with Crippen LogP contribution in [0.15, 0.2) is 65.5 Å². The lowest BCUT2D eigenvalue weighted by Gasteiger charge is -2.05. The third kappa shape index (κ3) is 3.41. The number of ether oxygens (including phenoxy) is 1. The first-order valence-electron chi connectivity index (χ1n) is 8.11. The van der Waals surface area contributed by atoms with E-state index >= 15 is 0 Å². The van der Waals surface area contributed by atoms with Crippen molar-refractivity contribution < 1.29 is 13.9 Å². The van der Waals surface area contributed by atoms with Crippen molar-refractivity contribution in [3.8, 4) is 11.3 Å². The topological polar surface area (TPSA) is 93.0 Å². The van der Waals surface area contributed by atoms with Gasteiger partial charge in [0.2, 0.25) is 5.89 Å². The Morgan fingerprint density at radius 3 is 2.92 bits per heavy atom. The molecule has 4 aromatic rings.